The Kier molecular flexibility index (Phi) is 4.62. The third kappa shape index (κ3) is 3.61. The Morgan fingerprint density at radius 2 is 1.53 bits per heavy atom. The predicted octanol–water partition coefficient (Wildman–Crippen LogP) is 5.68. The molecule has 5 nitrogen and oxygen atoms in total. The van der Waals surface area contributed by atoms with Gasteiger partial charge in [0.25, 0.3) is 5.91 Å². The zero-order chi connectivity index (χ0) is 20.3. The van der Waals surface area contributed by atoms with Crippen molar-refractivity contribution < 1.29 is 13.7 Å². The number of carbonyl (C=O) groups excluding carboxylic acids is 1. The third-order valence-electron chi connectivity index (χ3n) is 4.91. The quantitative estimate of drug-likeness (QED) is 0.416. The molecule has 5 aromatic rings. The average Bonchev–Trinajstić information content (AvgIpc) is 3.45. The topological polar surface area (TPSA) is 68.3 Å². The lowest BCUT2D eigenvalue weighted by atomic mass is 10.0. The van der Waals surface area contributed by atoms with Crippen LogP contribution in [0.25, 0.3) is 33.6 Å². The van der Waals surface area contributed by atoms with Gasteiger partial charge in [-0.3, -0.25) is 4.79 Å². The van der Waals surface area contributed by atoms with Gasteiger partial charge >= 0.3 is 0 Å². The summed E-state index contributed by atoms with van der Waals surface area (Å²) in [6.07, 6.45) is 0. The van der Waals surface area contributed by atoms with Crippen LogP contribution in [0.15, 0.2) is 99.9 Å². The monoisotopic (exact) mass is 394 g/mol. The van der Waals surface area contributed by atoms with Crippen molar-refractivity contribution in [2.24, 2.45) is 0 Å². The number of carbonyl (C=O) groups is 1. The smallest absolute Gasteiger partial charge is 0.251 e. The summed E-state index contributed by atoms with van der Waals surface area (Å²) >= 11 is 0. The molecule has 146 valence electrons. The lowest BCUT2D eigenvalue weighted by Crippen LogP contribution is -2.22. The number of hydrogen-bond acceptors (Lipinski definition) is 4. The number of nitrogens with zero attached hydrogens (tertiary/aromatic N) is 1. The van der Waals surface area contributed by atoms with E-state index in [2.05, 4.69) is 10.5 Å². The van der Waals surface area contributed by atoms with Gasteiger partial charge in [-0.25, -0.2) is 0 Å². The number of furan rings is 1. The van der Waals surface area contributed by atoms with Crippen molar-refractivity contribution in [3.8, 4) is 22.6 Å². The number of benzene rings is 3. The van der Waals surface area contributed by atoms with Gasteiger partial charge in [0.05, 0.1) is 6.54 Å². The fourth-order valence-corrected chi connectivity index (χ4v) is 3.33. The van der Waals surface area contributed by atoms with Gasteiger partial charge in [0, 0.05) is 17.0 Å². The van der Waals surface area contributed by atoms with Crippen LogP contribution in [-0.2, 0) is 6.54 Å². The Bertz CT molecular complexity index is 1270. The Morgan fingerprint density at radius 3 is 2.33 bits per heavy atom. The highest BCUT2D eigenvalue weighted by molar-refractivity contribution is 5.94. The molecule has 0 bridgehead atoms. The molecule has 0 spiro atoms. The van der Waals surface area contributed by atoms with E-state index >= 15 is 0 Å². The lowest BCUT2D eigenvalue weighted by Gasteiger charge is -2.05. The van der Waals surface area contributed by atoms with Crippen LogP contribution in [0.1, 0.15) is 16.1 Å². The maximum atomic E-state index is 12.5. The zero-order valence-electron chi connectivity index (χ0n) is 16.0. The van der Waals surface area contributed by atoms with Crippen LogP contribution in [0, 0.1) is 0 Å². The largest absolute Gasteiger partial charge is 0.453 e. The molecular weight excluding hydrogens is 376 g/mol. The number of nitrogens with one attached hydrogen (secondary N) is 1. The van der Waals surface area contributed by atoms with E-state index in [-0.39, 0.29) is 12.5 Å². The fourth-order valence-electron chi connectivity index (χ4n) is 3.33. The average molecular weight is 394 g/mol. The molecule has 1 amide bonds. The predicted molar refractivity (Wildman–Crippen MR) is 115 cm³/mol. The maximum Gasteiger partial charge on any atom is 0.251 e. The molecule has 3 aromatic carbocycles. The first-order valence-corrected chi connectivity index (χ1v) is 9.64. The first-order valence-electron chi connectivity index (χ1n) is 9.64. The van der Waals surface area contributed by atoms with Gasteiger partial charge in [-0.2, -0.15) is 0 Å². The highest BCUT2D eigenvalue weighted by Crippen LogP contribution is 2.28. The van der Waals surface area contributed by atoms with Gasteiger partial charge in [0.15, 0.2) is 5.76 Å². The SMILES string of the molecule is O=C(NCc1cc(-c2cc3ccccc3o2)on1)c1ccc(-c2ccccc2)cc1. The Labute approximate surface area is 172 Å². The Morgan fingerprint density at radius 1 is 0.800 bits per heavy atom. The first kappa shape index (κ1) is 17.9. The third-order valence-corrected chi connectivity index (χ3v) is 4.91. The van der Waals surface area contributed by atoms with E-state index in [1.807, 2.05) is 84.9 Å². The molecule has 0 aliphatic rings. The molecule has 5 heteroatoms. The van der Waals surface area contributed by atoms with E-state index in [4.69, 9.17) is 8.94 Å². The summed E-state index contributed by atoms with van der Waals surface area (Å²) in [7, 11) is 0. The van der Waals surface area contributed by atoms with Crippen molar-refractivity contribution in [2.45, 2.75) is 6.54 Å². The number of amides is 1. The molecule has 0 saturated heterocycles. The van der Waals surface area contributed by atoms with Crippen LogP contribution in [-0.4, -0.2) is 11.1 Å². The molecule has 0 radical (unpaired) electrons. The van der Waals surface area contributed by atoms with E-state index in [1.165, 1.54) is 0 Å². The number of aromatic nitrogens is 1. The molecule has 0 atom stereocenters. The van der Waals surface area contributed by atoms with Gasteiger partial charge in [-0.15, -0.1) is 0 Å². The van der Waals surface area contributed by atoms with Gasteiger partial charge in [0.1, 0.15) is 11.3 Å². The molecular formula is C25H18N2O3. The van der Waals surface area contributed by atoms with E-state index in [0.29, 0.717) is 22.8 Å². The molecule has 0 saturated carbocycles. The van der Waals surface area contributed by atoms with Crippen molar-refractivity contribution in [2.75, 3.05) is 0 Å². The van der Waals surface area contributed by atoms with Crippen molar-refractivity contribution in [1.82, 2.24) is 10.5 Å². The minimum absolute atomic E-state index is 0.164. The second-order valence-corrected chi connectivity index (χ2v) is 6.96. The van der Waals surface area contributed by atoms with Crippen molar-refractivity contribution in [1.29, 1.82) is 0 Å². The standard InChI is InChI=1S/C25H18N2O3/c28-25(19-12-10-18(11-13-19)17-6-2-1-3-7-17)26-16-21-15-24(30-27-21)23-14-20-8-4-5-9-22(20)29-23/h1-15H,16H2,(H,26,28). The van der Waals surface area contributed by atoms with Crippen molar-refractivity contribution >= 4 is 16.9 Å². The van der Waals surface area contributed by atoms with Crippen LogP contribution in [0.3, 0.4) is 0 Å². The number of hydrogen-bond donors (Lipinski definition) is 1. The molecule has 0 aliphatic heterocycles. The lowest BCUT2D eigenvalue weighted by molar-refractivity contribution is 0.0950. The van der Waals surface area contributed by atoms with Crippen molar-refractivity contribution in [3.63, 3.8) is 0 Å². The number of rotatable bonds is 5. The fraction of sp³-hybridized carbons (Fsp3) is 0.0400. The van der Waals surface area contributed by atoms with E-state index in [9.17, 15) is 4.79 Å². The second-order valence-electron chi connectivity index (χ2n) is 6.96. The second kappa shape index (κ2) is 7.72. The van der Waals surface area contributed by atoms with Gasteiger partial charge in [0.2, 0.25) is 5.76 Å². The highest BCUT2D eigenvalue weighted by Gasteiger charge is 2.13. The summed E-state index contributed by atoms with van der Waals surface area (Å²) in [6, 6.07) is 29.0. The summed E-state index contributed by atoms with van der Waals surface area (Å²) in [6.45, 7) is 0.267. The molecule has 1 N–H and O–H groups in total. The number of para-hydroxylation sites is 1. The Hall–Kier alpha value is -4.12. The van der Waals surface area contributed by atoms with Crippen molar-refractivity contribution in [3.05, 3.63) is 102 Å². The maximum absolute atomic E-state index is 12.5. The summed E-state index contributed by atoms with van der Waals surface area (Å²) < 4.78 is 11.2. The summed E-state index contributed by atoms with van der Waals surface area (Å²) in [5, 5.41) is 7.90. The van der Waals surface area contributed by atoms with Crippen LogP contribution < -0.4 is 5.32 Å². The van der Waals surface area contributed by atoms with Crippen LogP contribution in [0.2, 0.25) is 0 Å². The molecule has 2 aromatic heterocycles. The number of fused-ring (bicyclic) bond motifs is 1. The Balaban J connectivity index is 1.24. The minimum Gasteiger partial charge on any atom is -0.453 e. The van der Waals surface area contributed by atoms with Gasteiger partial charge in [-0.05, 0) is 35.4 Å². The molecule has 0 aliphatic carbocycles. The molecule has 0 unspecified atom stereocenters. The molecule has 0 fully saturated rings. The summed E-state index contributed by atoms with van der Waals surface area (Å²) in [5.74, 6) is 0.975. The summed E-state index contributed by atoms with van der Waals surface area (Å²) in [5.41, 5.74) is 4.19. The molecule has 30 heavy (non-hydrogen) atoms. The van der Waals surface area contributed by atoms with E-state index in [1.54, 1.807) is 6.07 Å². The van der Waals surface area contributed by atoms with Crippen LogP contribution in [0.4, 0.5) is 0 Å². The van der Waals surface area contributed by atoms with Gasteiger partial charge in [-0.1, -0.05) is 65.8 Å². The molecule has 5 rings (SSSR count). The minimum atomic E-state index is -0.164. The molecule has 2 heterocycles. The normalized spacial score (nSPS) is 10.9. The highest BCUT2D eigenvalue weighted by atomic mass is 16.5. The van der Waals surface area contributed by atoms with E-state index in [0.717, 1.165) is 22.1 Å². The zero-order valence-corrected chi connectivity index (χ0v) is 16.0. The van der Waals surface area contributed by atoms with Crippen LogP contribution >= 0.6 is 0 Å². The van der Waals surface area contributed by atoms with E-state index < -0.39 is 0 Å². The van der Waals surface area contributed by atoms with Crippen LogP contribution in [0.5, 0.6) is 0 Å². The van der Waals surface area contributed by atoms with Gasteiger partial charge < -0.3 is 14.3 Å². The first-order chi connectivity index (χ1) is 14.8. The summed E-state index contributed by atoms with van der Waals surface area (Å²) in [4.78, 5) is 12.5.